The fourth-order valence-electron chi connectivity index (χ4n) is 1.29. The van der Waals surface area contributed by atoms with Crippen LogP contribution in [-0.2, 0) is 9.53 Å². The zero-order chi connectivity index (χ0) is 14.6. The predicted octanol–water partition coefficient (Wildman–Crippen LogP) is 3.02. The van der Waals surface area contributed by atoms with E-state index in [1.54, 1.807) is 13.8 Å². The molecule has 1 rings (SSSR count). The summed E-state index contributed by atoms with van der Waals surface area (Å²) in [5.41, 5.74) is -0.213. The third-order valence-electron chi connectivity index (χ3n) is 1.94. The van der Waals surface area contributed by atoms with Gasteiger partial charge in [0.05, 0.1) is 11.1 Å². The number of carbonyl (C=O) groups is 2. The van der Waals surface area contributed by atoms with Crippen molar-refractivity contribution in [3.8, 4) is 5.75 Å². The van der Waals surface area contributed by atoms with E-state index in [0.29, 0.717) is 0 Å². The van der Waals surface area contributed by atoms with Crippen LogP contribution in [0.15, 0.2) is 12.1 Å². The van der Waals surface area contributed by atoms with Gasteiger partial charge in [0, 0.05) is 5.02 Å². The average molecular weight is 307 g/mol. The van der Waals surface area contributed by atoms with Crippen LogP contribution >= 0.6 is 23.2 Å². The number of aromatic carboxylic acids is 1. The lowest BCUT2D eigenvalue weighted by Gasteiger charge is -2.12. The van der Waals surface area contributed by atoms with Gasteiger partial charge < -0.3 is 14.6 Å². The molecule has 5 nitrogen and oxygen atoms in total. The van der Waals surface area contributed by atoms with Crippen LogP contribution in [0.1, 0.15) is 24.2 Å². The first-order valence-electron chi connectivity index (χ1n) is 5.36. The molecule has 1 aromatic carbocycles. The van der Waals surface area contributed by atoms with E-state index in [-0.39, 0.29) is 27.5 Å². The molecule has 0 aliphatic rings. The maximum atomic E-state index is 11.3. The molecule has 104 valence electrons. The molecule has 0 saturated carbocycles. The number of hydrogen-bond donors (Lipinski definition) is 1. The van der Waals surface area contributed by atoms with Crippen molar-refractivity contribution in [2.45, 2.75) is 20.0 Å². The quantitative estimate of drug-likeness (QED) is 0.847. The molecule has 1 N–H and O–H groups in total. The lowest BCUT2D eigenvalue weighted by Crippen LogP contribution is -2.19. The average Bonchev–Trinajstić information content (AvgIpc) is 2.25. The van der Waals surface area contributed by atoms with Gasteiger partial charge in [-0.15, -0.1) is 0 Å². The summed E-state index contributed by atoms with van der Waals surface area (Å²) in [5.74, 6) is -1.98. The second-order valence-electron chi connectivity index (χ2n) is 3.90. The number of carboxylic acids is 1. The number of benzene rings is 1. The molecule has 0 radical (unpaired) electrons. The Kier molecular flexibility index (Phi) is 5.44. The number of carboxylic acid groups (broad SMARTS) is 1. The zero-order valence-electron chi connectivity index (χ0n) is 10.3. The van der Waals surface area contributed by atoms with E-state index in [2.05, 4.69) is 0 Å². The smallest absolute Gasteiger partial charge is 0.344 e. The van der Waals surface area contributed by atoms with Gasteiger partial charge >= 0.3 is 11.9 Å². The summed E-state index contributed by atoms with van der Waals surface area (Å²) >= 11 is 11.5. The Labute approximate surface area is 120 Å². The van der Waals surface area contributed by atoms with Gasteiger partial charge in [-0.1, -0.05) is 23.2 Å². The third kappa shape index (κ3) is 4.61. The molecular formula is C12H12Cl2O5. The van der Waals surface area contributed by atoms with Crippen molar-refractivity contribution in [2.75, 3.05) is 6.61 Å². The Morgan fingerprint density at radius 1 is 1.32 bits per heavy atom. The van der Waals surface area contributed by atoms with Gasteiger partial charge in [-0.25, -0.2) is 9.59 Å². The summed E-state index contributed by atoms with van der Waals surface area (Å²) in [7, 11) is 0. The highest BCUT2D eigenvalue weighted by Crippen LogP contribution is 2.32. The Bertz CT molecular complexity index is 499. The molecule has 0 bridgehead atoms. The number of rotatable bonds is 5. The summed E-state index contributed by atoms with van der Waals surface area (Å²) in [6, 6.07) is 2.53. The van der Waals surface area contributed by atoms with Gasteiger partial charge in [-0.3, -0.25) is 0 Å². The molecule has 0 fully saturated rings. The number of hydrogen-bond acceptors (Lipinski definition) is 4. The number of ether oxygens (including phenoxy) is 2. The predicted molar refractivity (Wildman–Crippen MR) is 70.1 cm³/mol. The largest absolute Gasteiger partial charge is 0.479 e. The van der Waals surface area contributed by atoms with E-state index in [0.717, 1.165) is 0 Å². The lowest BCUT2D eigenvalue weighted by molar-refractivity contribution is -0.149. The molecule has 0 saturated heterocycles. The van der Waals surface area contributed by atoms with Gasteiger partial charge in [-0.05, 0) is 26.0 Å². The lowest BCUT2D eigenvalue weighted by atomic mass is 10.2. The van der Waals surface area contributed by atoms with E-state index in [4.69, 9.17) is 37.8 Å². The van der Waals surface area contributed by atoms with Crippen molar-refractivity contribution in [1.29, 1.82) is 0 Å². The van der Waals surface area contributed by atoms with E-state index < -0.39 is 18.5 Å². The molecule has 1 aromatic rings. The van der Waals surface area contributed by atoms with Crippen molar-refractivity contribution < 1.29 is 24.2 Å². The molecule has 19 heavy (non-hydrogen) atoms. The van der Waals surface area contributed by atoms with Crippen LogP contribution < -0.4 is 4.74 Å². The van der Waals surface area contributed by atoms with Crippen LogP contribution in [-0.4, -0.2) is 29.8 Å². The standard InChI is InChI=1S/C12H12Cl2O5/c1-6(2)19-10(15)5-18-11-8(12(16)17)3-7(13)4-9(11)14/h3-4,6H,5H2,1-2H3,(H,16,17). The Morgan fingerprint density at radius 2 is 1.95 bits per heavy atom. The highest BCUT2D eigenvalue weighted by Gasteiger charge is 2.18. The normalized spacial score (nSPS) is 10.4. The third-order valence-corrected chi connectivity index (χ3v) is 2.44. The summed E-state index contributed by atoms with van der Waals surface area (Å²) in [6.45, 7) is 2.95. The first-order chi connectivity index (χ1) is 8.81. The van der Waals surface area contributed by atoms with Gasteiger partial charge in [0.15, 0.2) is 12.4 Å². The molecule has 7 heteroatoms. The molecule has 0 amide bonds. The molecule has 0 unspecified atom stereocenters. The molecule has 0 aromatic heterocycles. The molecule has 0 heterocycles. The van der Waals surface area contributed by atoms with Crippen LogP contribution in [0, 0.1) is 0 Å². The fourth-order valence-corrected chi connectivity index (χ4v) is 1.84. The Morgan fingerprint density at radius 3 is 2.47 bits per heavy atom. The van der Waals surface area contributed by atoms with Crippen molar-refractivity contribution in [2.24, 2.45) is 0 Å². The summed E-state index contributed by atoms with van der Waals surface area (Å²) < 4.78 is 9.96. The fraction of sp³-hybridized carbons (Fsp3) is 0.333. The van der Waals surface area contributed by atoms with Crippen molar-refractivity contribution >= 4 is 35.1 Å². The van der Waals surface area contributed by atoms with E-state index in [1.807, 2.05) is 0 Å². The minimum absolute atomic E-state index is 0.0160. The molecular weight excluding hydrogens is 295 g/mol. The van der Waals surface area contributed by atoms with Gasteiger partial charge in [0.1, 0.15) is 5.56 Å². The Balaban J connectivity index is 2.89. The van der Waals surface area contributed by atoms with Crippen molar-refractivity contribution in [3.63, 3.8) is 0 Å². The topological polar surface area (TPSA) is 72.8 Å². The van der Waals surface area contributed by atoms with Crippen LogP contribution in [0.25, 0.3) is 0 Å². The molecule has 0 spiro atoms. The van der Waals surface area contributed by atoms with E-state index in [9.17, 15) is 9.59 Å². The van der Waals surface area contributed by atoms with Crippen molar-refractivity contribution in [1.82, 2.24) is 0 Å². The SMILES string of the molecule is CC(C)OC(=O)COc1c(Cl)cc(Cl)cc1C(=O)O. The van der Waals surface area contributed by atoms with Crippen molar-refractivity contribution in [3.05, 3.63) is 27.7 Å². The van der Waals surface area contributed by atoms with Crippen LogP contribution in [0.3, 0.4) is 0 Å². The first-order valence-corrected chi connectivity index (χ1v) is 6.11. The first kappa shape index (κ1) is 15.6. The van der Waals surface area contributed by atoms with Crippen LogP contribution in [0.4, 0.5) is 0 Å². The zero-order valence-corrected chi connectivity index (χ0v) is 11.8. The van der Waals surface area contributed by atoms with E-state index in [1.165, 1.54) is 12.1 Å². The Hall–Kier alpha value is -1.46. The monoisotopic (exact) mass is 306 g/mol. The maximum Gasteiger partial charge on any atom is 0.344 e. The highest BCUT2D eigenvalue weighted by atomic mass is 35.5. The highest BCUT2D eigenvalue weighted by molar-refractivity contribution is 6.36. The summed E-state index contributed by atoms with van der Waals surface area (Å²) in [6.07, 6.45) is -0.282. The number of carbonyl (C=O) groups excluding carboxylic acids is 1. The maximum absolute atomic E-state index is 11.3. The van der Waals surface area contributed by atoms with Gasteiger partial charge in [0.2, 0.25) is 0 Å². The minimum Gasteiger partial charge on any atom is -0.479 e. The molecule has 0 atom stereocenters. The summed E-state index contributed by atoms with van der Waals surface area (Å²) in [5, 5.41) is 9.19. The molecule has 0 aliphatic carbocycles. The number of halogens is 2. The summed E-state index contributed by atoms with van der Waals surface area (Å²) in [4.78, 5) is 22.4. The van der Waals surface area contributed by atoms with Crippen LogP contribution in [0.5, 0.6) is 5.75 Å². The van der Waals surface area contributed by atoms with Crippen LogP contribution in [0.2, 0.25) is 10.0 Å². The van der Waals surface area contributed by atoms with E-state index >= 15 is 0 Å². The second-order valence-corrected chi connectivity index (χ2v) is 4.74. The molecule has 0 aliphatic heterocycles. The minimum atomic E-state index is -1.25. The van der Waals surface area contributed by atoms with Gasteiger partial charge in [0.25, 0.3) is 0 Å². The van der Waals surface area contributed by atoms with Gasteiger partial charge in [-0.2, -0.15) is 0 Å². The second kappa shape index (κ2) is 6.63. The number of esters is 1.